The molecule has 3 nitrogen and oxygen atoms in total. The van der Waals surface area contributed by atoms with Gasteiger partial charge in [0.15, 0.2) is 4.67 Å². The summed E-state index contributed by atoms with van der Waals surface area (Å²) in [6.07, 6.45) is 3.55. The second-order valence-corrected chi connectivity index (χ2v) is 5.59. The van der Waals surface area contributed by atoms with Crippen LogP contribution in [0.2, 0.25) is 0 Å². The number of hydrogen-bond donors (Lipinski definition) is 0. The van der Waals surface area contributed by atoms with Gasteiger partial charge in [-0.1, -0.05) is 15.9 Å². The van der Waals surface area contributed by atoms with Gasteiger partial charge in [-0.15, -0.1) is 0 Å². The van der Waals surface area contributed by atoms with Gasteiger partial charge in [-0.3, -0.25) is 4.79 Å². The fourth-order valence-electron chi connectivity index (χ4n) is 1.67. The van der Waals surface area contributed by atoms with Crippen LogP contribution in [0, 0.1) is 0 Å². The van der Waals surface area contributed by atoms with Gasteiger partial charge < -0.3 is 9.32 Å². The maximum atomic E-state index is 12.0. The Balaban J connectivity index is 2.06. The molecule has 1 aromatic heterocycles. The van der Waals surface area contributed by atoms with E-state index in [0.29, 0.717) is 15.1 Å². The van der Waals surface area contributed by atoms with Crippen LogP contribution in [0.4, 0.5) is 0 Å². The molecule has 1 saturated heterocycles. The predicted molar refractivity (Wildman–Crippen MR) is 64.3 cm³/mol. The highest BCUT2D eigenvalue weighted by atomic mass is 79.9. The summed E-state index contributed by atoms with van der Waals surface area (Å²) in [7, 11) is 0. The Bertz CT molecular complexity index is 356. The van der Waals surface area contributed by atoms with Gasteiger partial charge in [0.25, 0.3) is 5.91 Å². The predicted octanol–water partition coefficient (Wildman–Crippen LogP) is 3.04. The van der Waals surface area contributed by atoms with E-state index in [-0.39, 0.29) is 5.91 Å². The number of halogens is 2. The first-order valence-electron chi connectivity index (χ1n) is 4.85. The number of nitrogens with zero attached hydrogens (tertiary/aromatic N) is 1. The average Bonchev–Trinajstić information content (AvgIpc) is 2.65. The maximum absolute atomic E-state index is 12.0. The Kier molecular flexibility index (Phi) is 3.51. The van der Waals surface area contributed by atoms with Gasteiger partial charge in [-0.2, -0.15) is 0 Å². The molecule has 82 valence electrons. The molecule has 0 unspecified atom stereocenters. The van der Waals surface area contributed by atoms with Crippen molar-refractivity contribution in [1.29, 1.82) is 0 Å². The number of hydrogen-bond acceptors (Lipinski definition) is 2. The summed E-state index contributed by atoms with van der Waals surface area (Å²) in [6, 6.07) is 1.70. The van der Waals surface area contributed by atoms with Gasteiger partial charge in [-0.25, -0.2) is 0 Å². The lowest BCUT2D eigenvalue weighted by atomic mass is 10.1. The summed E-state index contributed by atoms with van der Waals surface area (Å²) in [5.41, 5.74) is 0.614. The smallest absolute Gasteiger partial charge is 0.258 e. The Morgan fingerprint density at radius 3 is 2.67 bits per heavy atom. The van der Waals surface area contributed by atoms with Crippen LogP contribution >= 0.6 is 31.9 Å². The third kappa shape index (κ3) is 2.45. The fourth-order valence-corrected chi connectivity index (χ4v) is 2.49. The molecule has 0 bridgehead atoms. The minimum atomic E-state index is 0.0509. The van der Waals surface area contributed by atoms with E-state index in [1.807, 2.05) is 4.90 Å². The molecule has 15 heavy (non-hydrogen) atoms. The van der Waals surface area contributed by atoms with Crippen LogP contribution in [-0.2, 0) is 0 Å². The van der Waals surface area contributed by atoms with Crippen LogP contribution in [0.3, 0.4) is 0 Å². The second-order valence-electron chi connectivity index (χ2n) is 3.57. The van der Waals surface area contributed by atoms with E-state index in [4.69, 9.17) is 4.42 Å². The topological polar surface area (TPSA) is 33.5 Å². The number of likely N-dealkylation sites (tertiary alicyclic amines) is 1. The van der Waals surface area contributed by atoms with Gasteiger partial charge in [0, 0.05) is 17.9 Å². The average molecular weight is 337 g/mol. The van der Waals surface area contributed by atoms with Crippen LogP contribution < -0.4 is 0 Å². The third-order valence-corrected chi connectivity index (χ3v) is 4.09. The van der Waals surface area contributed by atoms with Gasteiger partial charge >= 0.3 is 0 Å². The summed E-state index contributed by atoms with van der Waals surface area (Å²) in [5, 5.41) is 0. The normalized spacial score (nSPS) is 18.1. The Morgan fingerprint density at radius 2 is 2.13 bits per heavy atom. The number of rotatable bonds is 1. The van der Waals surface area contributed by atoms with Crippen molar-refractivity contribution in [3.63, 3.8) is 0 Å². The highest BCUT2D eigenvalue weighted by Crippen LogP contribution is 2.23. The zero-order valence-corrected chi connectivity index (χ0v) is 11.3. The van der Waals surface area contributed by atoms with E-state index in [2.05, 4.69) is 31.9 Å². The minimum absolute atomic E-state index is 0.0509. The summed E-state index contributed by atoms with van der Waals surface area (Å²) in [4.78, 5) is 14.4. The largest absolute Gasteiger partial charge is 0.457 e. The highest BCUT2D eigenvalue weighted by Gasteiger charge is 2.24. The van der Waals surface area contributed by atoms with Crippen LogP contribution in [0.1, 0.15) is 23.2 Å². The number of furan rings is 1. The lowest BCUT2D eigenvalue weighted by Crippen LogP contribution is -2.38. The molecule has 5 heteroatoms. The standard InChI is InChI=1S/C10H11Br2NO2/c11-7-1-4-13(5-2-7)10(14)8-3-6-15-9(8)12/h3,6-7H,1-2,4-5H2. The summed E-state index contributed by atoms with van der Waals surface area (Å²) < 4.78 is 5.58. The van der Waals surface area contributed by atoms with E-state index >= 15 is 0 Å². The Hall–Kier alpha value is -0.290. The molecule has 0 aliphatic carbocycles. The quantitative estimate of drug-likeness (QED) is 0.738. The zero-order valence-electron chi connectivity index (χ0n) is 8.08. The Labute approximate surface area is 105 Å². The van der Waals surface area contributed by atoms with E-state index in [1.54, 1.807) is 6.07 Å². The number of carbonyl (C=O) groups is 1. The lowest BCUT2D eigenvalue weighted by Gasteiger charge is -2.29. The number of piperidine rings is 1. The third-order valence-electron chi connectivity index (χ3n) is 2.56. The van der Waals surface area contributed by atoms with Crippen molar-refractivity contribution >= 4 is 37.8 Å². The van der Waals surface area contributed by atoms with Gasteiger partial charge in [0.1, 0.15) is 0 Å². The first kappa shape index (κ1) is 11.2. The van der Waals surface area contributed by atoms with E-state index in [9.17, 15) is 4.79 Å². The van der Waals surface area contributed by atoms with Gasteiger partial charge in [-0.05, 0) is 34.8 Å². The molecular weight excluding hydrogens is 326 g/mol. The Morgan fingerprint density at radius 1 is 1.47 bits per heavy atom. The van der Waals surface area contributed by atoms with Crippen molar-refractivity contribution < 1.29 is 9.21 Å². The molecule has 0 saturated carbocycles. The molecule has 1 aromatic rings. The van der Waals surface area contributed by atoms with Crippen molar-refractivity contribution in [1.82, 2.24) is 4.90 Å². The SMILES string of the molecule is O=C(c1ccoc1Br)N1CCC(Br)CC1. The molecule has 0 N–H and O–H groups in total. The molecule has 1 aliphatic heterocycles. The molecule has 0 radical (unpaired) electrons. The van der Waals surface area contributed by atoms with Crippen LogP contribution in [-0.4, -0.2) is 28.7 Å². The molecule has 0 aromatic carbocycles. The number of alkyl halides is 1. The first-order chi connectivity index (χ1) is 7.18. The van der Waals surface area contributed by atoms with Crippen molar-refractivity contribution in [2.24, 2.45) is 0 Å². The molecule has 1 amide bonds. The maximum Gasteiger partial charge on any atom is 0.258 e. The highest BCUT2D eigenvalue weighted by molar-refractivity contribution is 9.10. The van der Waals surface area contributed by atoms with Gasteiger partial charge in [0.05, 0.1) is 11.8 Å². The first-order valence-corrected chi connectivity index (χ1v) is 6.55. The van der Waals surface area contributed by atoms with Gasteiger partial charge in [0.2, 0.25) is 0 Å². The molecule has 0 atom stereocenters. The molecule has 2 heterocycles. The summed E-state index contributed by atoms with van der Waals surface area (Å²) in [5.74, 6) is 0.0509. The zero-order chi connectivity index (χ0) is 10.8. The summed E-state index contributed by atoms with van der Waals surface area (Å²) in [6.45, 7) is 1.62. The minimum Gasteiger partial charge on any atom is -0.457 e. The van der Waals surface area contributed by atoms with E-state index in [0.717, 1.165) is 25.9 Å². The van der Waals surface area contributed by atoms with Crippen molar-refractivity contribution in [3.05, 3.63) is 22.6 Å². The molecule has 2 rings (SSSR count). The van der Waals surface area contributed by atoms with Crippen molar-refractivity contribution in [2.45, 2.75) is 17.7 Å². The molecule has 1 fully saturated rings. The molecule has 1 aliphatic rings. The number of carbonyl (C=O) groups excluding carboxylic acids is 1. The fraction of sp³-hybridized carbons (Fsp3) is 0.500. The second kappa shape index (κ2) is 4.70. The molecule has 0 spiro atoms. The summed E-state index contributed by atoms with van der Waals surface area (Å²) >= 11 is 6.78. The van der Waals surface area contributed by atoms with Crippen LogP contribution in [0.5, 0.6) is 0 Å². The van der Waals surface area contributed by atoms with E-state index < -0.39 is 0 Å². The number of amides is 1. The van der Waals surface area contributed by atoms with Crippen molar-refractivity contribution in [3.8, 4) is 0 Å². The van der Waals surface area contributed by atoms with Crippen LogP contribution in [0.25, 0.3) is 0 Å². The monoisotopic (exact) mass is 335 g/mol. The van der Waals surface area contributed by atoms with E-state index in [1.165, 1.54) is 6.26 Å². The lowest BCUT2D eigenvalue weighted by molar-refractivity contribution is 0.0726. The van der Waals surface area contributed by atoms with Crippen LogP contribution in [0.15, 0.2) is 21.4 Å². The molecular formula is C10H11Br2NO2. The van der Waals surface area contributed by atoms with Crippen molar-refractivity contribution in [2.75, 3.05) is 13.1 Å².